The smallest absolute Gasteiger partial charge is 0.252 e. The molecule has 0 amide bonds. The molecule has 12 rings (SSSR count). The molecule has 55 heavy (non-hydrogen) atoms. The lowest BCUT2D eigenvalue weighted by Crippen LogP contribution is -2.65. The molecule has 0 bridgehead atoms. The first-order chi connectivity index (χ1) is 26.3. The highest BCUT2D eigenvalue weighted by Gasteiger charge is 2.65. The van der Waals surface area contributed by atoms with Gasteiger partial charge in [0.1, 0.15) is 0 Å². The minimum atomic E-state index is 0.0298. The van der Waals surface area contributed by atoms with Crippen LogP contribution in [0.3, 0.4) is 0 Å². The van der Waals surface area contributed by atoms with Crippen molar-refractivity contribution >= 4 is 57.2 Å². The second kappa shape index (κ2) is 10.3. The van der Waals surface area contributed by atoms with Gasteiger partial charge in [-0.15, -0.1) is 0 Å². The van der Waals surface area contributed by atoms with Crippen LogP contribution in [0.5, 0.6) is 0 Å². The average molecular weight is 726 g/mol. The normalized spacial score (nSPS) is 34.4. The molecular weight excluding hydrogens is 665 g/mol. The van der Waals surface area contributed by atoms with Crippen molar-refractivity contribution in [2.75, 3.05) is 14.7 Å². The maximum atomic E-state index is 3.00. The largest absolute Gasteiger partial charge is 0.338 e. The van der Waals surface area contributed by atoms with Crippen LogP contribution in [0, 0.1) is 0 Å². The Hall–Kier alpha value is -3.66. The van der Waals surface area contributed by atoms with Gasteiger partial charge in [0.25, 0.3) is 6.71 Å². The van der Waals surface area contributed by atoms with Gasteiger partial charge in [-0.25, -0.2) is 0 Å². The molecule has 0 spiro atoms. The molecule has 8 aliphatic rings. The third kappa shape index (κ3) is 3.62. The van der Waals surface area contributed by atoms with Crippen molar-refractivity contribution < 1.29 is 0 Å². The summed E-state index contributed by atoms with van der Waals surface area (Å²) in [5.41, 5.74) is 20.8. The molecule has 5 aliphatic heterocycles. The van der Waals surface area contributed by atoms with Crippen molar-refractivity contribution in [2.45, 2.75) is 171 Å². The lowest BCUT2D eigenvalue weighted by molar-refractivity contribution is 0.195. The lowest BCUT2D eigenvalue weighted by atomic mass is 9.33. The molecule has 3 saturated carbocycles. The summed E-state index contributed by atoms with van der Waals surface area (Å²) in [7, 11) is 0. The fourth-order valence-electron chi connectivity index (χ4n) is 15.1. The number of para-hydroxylation sites is 2. The van der Waals surface area contributed by atoms with Crippen molar-refractivity contribution in [1.82, 2.24) is 0 Å². The second-order valence-corrected chi connectivity index (χ2v) is 21.6. The number of rotatable bonds is 1. The fourth-order valence-corrected chi connectivity index (χ4v) is 15.1. The SMILES string of the molecule is CC(C)(C)c1cc2c3c4c1C1(C)CCCCC1N4c1cc4c(cc1B3c1cccc3c1N2C1(C)CCCCC31C)C1(C)CCCCC1(C)N4c1ccccc1. The van der Waals surface area contributed by atoms with E-state index >= 15 is 0 Å². The van der Waals surface area contributed by atoms with Crippen molar-refractivity contribution in [3.05, 3.63) is 89.0 Å². The highest BCUT2D eigenvalue weighted by Crippen LogP contribution is 2.66. The zero-order valence-corrected chi connectivity index (χ0v) is 34.8. The van der Waals surface area contributed by atoms with E-state index in [-0.39, 0.29) is 39.5 Å². The Morgan fingerprint density at radius 1 is 0.600 bits per heavy atom. The number of benzene rings is 4. The summed E-state index contributed by atoms with van der Waals surface area (Å²) in [5, 5.41) is 0. The number of fused-ring (bicyclic) bond motifs is 14. The van der Waals surface area contributed by atoms with E-state index < -0.39 is 0 Å². The molecule has 0 radical (unpaired) electrons. The summed E-state index contributed by atoms with van der Waals surface area (Å²) < 4.78 is 0. The standard InChI is InChI=1S/C51H60BN3/c1-46(2,3)35-30-40-43-45-42(35)47(4)24-13-12-23-41(47)53(45)39-31-38-34(49(6)26-15-16-27-50(49,7)54(38)32-19-10-9-11-20-32)29-37(39)52(43)36-22-18-21-33-44(36)55(40)51(8)28-17-14-25-48(33,51)5/h9-11,18-22,29-31,41H,12-17,23-28H2,1-8H3. The summed E-state index contributed by atoms with van der Waals surface area (Å²) in [6.07, 6.45) is 15.5. The highest BCUT2D eigenvalue weighted by atomic mass is 15.3. The maximum Gasteiger partial charge on any atom is 0.252 e. The van der Waals surface area contributed by atoms with Gasteiger partial charge >= 0.3 is 0 Å². The predicted molar refractivity (Wildman–Crippen MR) is 234 cm³/mol. The van der Waals surface area contributed by atoms with Crippen LogP contribution in [0.4, 0.5) is 34.1 Å². The van der Waals surface area contributed by atoms with Crippen LogP contribution >= 0.6 is 0 Å². The average Bonchev–Trinajstić information content (AvgIpc) is 3.65. The van der Waals surface area contributed by atoms with Crippen LogP contribution in [0.15, 0.2) is 66.7 Å². The molecule has 5 heterocycles. The molecule has 6 unspecified atom stereocenters. The van der Waals surface area contributed by atoms with Crippen molar-refractivity contribution in [2.24, 2.45) is 0 Å². The Bertz CT molecular complexity index is 2360. The van der Waals surface area contributed by atoms with Crippen LogP contribution in [-0.2, 0) is 21.7 Å². The lowest BCUT2D eigenvalue weighted by Gasteiger charge is -2.53. The molecular formula is C51H60BN3. The third-order valence-corrected chi connectivity index (χ3v) is 18.2. The van der Waals surface area contributed by atoms with E-state index in [9.17, 15) is 0 Å². The monoisotopic (exact) mass is 725 g/mol. The van der Waals surface area contributed by atoms with Gasteiger partial charge in [0, 0.05) is 56.4 Å². The van der Waals surface area contributed by atoms with Gasteiger partial charge in [-0.05, 0) is 121 Å². The topological polar surface area (TPSA) is 9.72 Å². The number of nitrogens with zero attached hydrogens (tertiary/aromatic N) is 3. The molecule has 4 aromatic carbocycles. The van der Waals surface area contributed by atoms with Crippen LogP contribution < -0.4 is 31.1 Å². The summed E-state index contributed by atoms with van der Waals surface area (Å²) >= 11 is 0. The highest BCUT2D eigenvalue weighted by molar-refractivity contribution is 7.00. The summed E-state index contributed by atoms with van der Waals surface area (Å²) in [6.45, 7) is 21.0. The van der Waals surface area contributed by atoms with E-state index in [0.29, 0.717) is 6.04 Å². The molecule has 3 fully saturated rings. The molecule has 6 atom stereocenters. The van der Waals surface area contributed by atoms with Crippen molar-refractivity contribution in [3.8, 4) is 0 Å². The first-order valence-electron chi connectivity index (χ1n) is 22.3. The van der Waals surface area contributed by atoms with Gasteiger partial charge in [-0.3, -0.25) is 0 Å². The van der Waals surface area contributed by atoms with E-state index in [1.165, 1.54) is 94.1 Å². The molecule has 0 N–H and O–H groups in total. The van der Waals surface area contributed by atoms with Gasteiger partial charge in [0.15, 0.2) is 0 Å². The van der Waals surface area contributed by atoms with Crippen LogP contribution in [0.1, 0.15) is 155 Å². The Labute approximate surface area is 331 Å². The fraction of sp³-hybridized carbons (Fsp3) is 0.529. The molecule has 0 aromatic heterocycles. The van der Waals surface area contributed by atoms with E-state index in [4.69, 9.17) is 0 Å². The molecule has 3 aliphatic carbocycles. The molecule has 3 nitrogen and oxygen atoms in total. The van der Waals surface area contributed by atoms with Crippen molar-refractivity contribution in [3.63, 3.8) is 0 Å². The zero-order chi connectivity index (χ0) is 37.7. The second-order valence-electron chi connectivity index (χ2n) is 21.6. The van der Waals surface area contributed by atoms with Gasteiger partial charge in [-0.2, -0.15) is 0 Å². The Morgan fingerprint density at radius 2 is 1.27 bits per heavy atom. The van der Waals surface area contributed by atoms with Gasteiger partial charge < -0.3 is 14.7 Å². The predicted octanol–water partition coefficient (Wildman–Crippen LogP) is 11.0. The molecule has 0 saturated heterocycles. The zero-order valence-electron chi connectivity index (χ0n) is 34.8. The molecule has 4 aromatic rings. The number of hydrogen-bond acceptors (Lipinski definition) is 3. The first-order valence-corrected chi connectivity index (χ1v) is 22.3. The first kappa shape index (κ1) is 33.5. The van der Waals surface area contributed by atoms with E-state index in [0.717, 1.165) is 0 Å². The van der Waals surface area contributed by atoms with E-state index in [2.05, 4.69) is 137 Å². The third-order valence-electron chi connectivity index (χ3n) is 18.2. The quantitative estimate of drug-likeness (QED) is 0.181. The van der Waals surface area contributed by atoms with Gasteiger partial charge in [0.2, 0.25) is 0 Å². The number of anilines is 6. The minimum Gasteiger partial charge on any atom is -0.338 e. The van der Waals surface area contributed by atoms with Gasteiger partial charge in [-0.1, -0.05) is 123 Å². The summed E-state index contributed by atoms with van der Waals surface area (Å²) in [6, 6.07) is 27.8. The Morgan fingerprint density at radius 3 is 2.00 bits per heavy atom. The Balaban J connectivity index is 1.23. The Kier molecular flexibility index (Phi) is 6.24. The van der Waals surface area contributed by atoms with E-state index in [1.807, 2.05) is 0 Å². The minimum absolute atomic E-state index is 0.0298. The van der Waals surface area contributed by atoms with Crippen molar-refractivity contribution in [1.29, 1.82) is 0 Å². The summed E-state index contributed by atoms with van der Waals surface area (Å²) in [4.78, 5) is 8.79. The summed E-state index contributed by atoms with van der Waals surface area (Å²) in [5.74, 6) is 0. The van der Waals surface area contributed by atoms with Gasteiger partial charge in [0.05, 0.1) is 11.1 Å². The van der Waals surface area contributed by atoms with Crippen LogP contribution in [0.2, 0.25) is 0 Å². The number of hydrogen-bond donors (Lipinski definition) is 0. The van der Waals surface area contributed by atoms with E-state index in [1.54, 1.807) is 55.7 Å². The van der Waals surface area contributed by atoms with Crippen LogP contribution in [-0.4, -0.2) is 23.8 Å². The molecule has 282 valence electrons. The molecule has 4 heteroatoms. The maximum absolute atomic E-state index is 3.00. The van der Waals surface area contributed by atoms with Crippen LogP contribution in [0.25, 0.3) is 0 Å².